The van der Waals surface area contributed by atoms with Gasteiger partial charge in [-0.15, -0.1) is 0 Å². The summed E-state index contributed by atoms with van der Waals surface area (Å²) in [4.78, 5) is 22.5. The molecule has 0 N–H and O–H groups in total. The maximum absolute atomic E-state index is 11.6. The number of hydrogen-bond donors (Lipinski definition) is 0. The van der Waals surface area contributed by atoms with Gasteiger partial charge in [0, 0.05) is 12.0 Å². The molecule has 21 heavy (non-hydrogen) atoms. The number of Topliss-reactive ketones (excluding diaryl/α,β-unsaturated/α-hetero) is 1. The molecule has 0 saturated heterocycles. The molecule has 0 radical (unpaired) electrons. The lowest BCUT2D eigenvalue weighted by molar-refractivity contribution is -0.384. The lowest BCUT2D eigenvalue weighted by Crippen LogP contribution is -1.95. The van der Waals surface area contributed by atoms with Crippen molar-refractivity contribution in [2.75, 3.05) is 7.11 Å². The standard InChI is InChI=1S/C16H13NO4/c1-21-12-4-6-13(15(9-12)17(19)20)10-2-5-14-11(8-10)3-7-16(14)18/h2,4-6,8-9H,3,7H2,1H3. The summed E-state index contributed by atoms with van der Waals surface area (Å²) in [5, 5.41) is 11.2. The second-order valence-electron chi connectivity index (χ2n) is 4.94. The molecule has 0 aromatic heterocycles. The number of benzene rings is 2. The van der Waals surface area contributed by atoms with Gasteiger partial charge in [-0.1, -0.05) is 18.2 Å². The quantitative estimate of drug-likeness (QED) is 0.639. The summed E-state index contributed by atoms with van der Waals surface area (Å²) in [6.07, 6.45) is 1.22. The molecule has 5 heteroatoms. The van der Waals surface area contributed by atoms with Gasteiger partial charge in [0.25, 0.3) is 5.69 Å². The number of nitro benzene ring substituents is 1. The SMILES string of the molecule is COc1ccc(-c2ccc3c(c2)CCC3=O)c([N+](=O)[O-])c1. The minimum Gasteiger partial charge on any atom is -0.497 e. The summed E-state index contributed by atoms with van der Waals surface area (Å²) in [6.45, 7) is 0. The Hall–Kier alpha value is -2.69. The van der Waals surface area contributed by atoms with E-state index in [9.17, 15) is 14.9 Å². The fourth-order valence-electron chi connectivity index (χ4n) is 2.66. The number of nitrogens with zero attached hydrogens (tertiary/aromatic N) is 1. The number of rotatable bonds is 3. The van der Waals surface area contributed by atoms with E-state index in [1.165, 1.54) is 13.2 Å². The molecule has 5 nitrogen and oxygen atoms in total. The van der Waals surface area contributed by atoms with E-state index < -0.39 is 4.92 Å². The fraction of sp³-hybridized carbons (Fsp3) is 0.188. The number of aryl methyl sites for hydroxylation is 1. The Bertz CT molecular complexity index is 752. The maximum Gasteiger partial charge on any atom is 0.280 e. The van der Waals surface area contributed by atoms with Gasteiger partial charge in [-0.3, -0.25) is 14.9 Å². The molecule has 0 heterocycles. The number of fused-ring (bicyclic) bond motifs is 1. The third-order valence-electron chi connectivity index (χ3n) is 3.74. The van der Waals surface area contributed by atoms with Crippen molar-refractivity contribution in [1.29, 1.82) is 0 Å². The maximum atomic E-state index is 11.6. The van der Waals surface area contributed by atoms with Crippen LogP contribution in [-0.2, 0) is 6.42 Å². The summed E-state index contributed by atoms with van der Waals surface area (Å²) in [5.74, 6) is 0.586. The topological polar surface area (TPSA) is 69.4 Å². The van der Waals surface area contributed by atoms with Crippen molar-refractivity contribution in [3.63, 3.8) is 0 Å². The number of ether oxygens (including phenoxy) is 1. The smallest absolute Gasteiger partial charge is 0.280 e. The summed E-state index contributed by atoms with van der Waals surface area (Å²) < 4.78 is 5.03. The van der Waals surface area contributed by atoms with Crippen LogP contribution in [0.5, 0.6) is 5.75 Å². The van der Waals surface area contributed by atoms with Crippen LogP contribution in [0.2, 0.25) is 0 Å². The second-order valence-corrected chi connectivity index (χ2v) is 4.94. The first-order valence-electron chi connectivity index (χ1n) is 6.59. The van der Waals surface area contributed by atoms with E-state index in [-0.39, 0.29) is 11.5 Å². The van der Waals surface area contributed by atoms with Gasteiger partial charge >= 0.3 is 0 Å². The minimum absolute atomic E-state index is 0.00127. The molecule has 2 aromatic rings. The molecule has 0 amide bonds. The lowest BCUT2D eigenvalue weighted by atomic mass is 9.99. The van der Waals surface area contributed by atoms with Crippen LogP contribution in [0.25, 0.3) is 11.1 Å². The average Bonchev–Trinajstić information content (AvgIpc) is 2.87. The number of carbonyl (C=O) groups is 1. The van der Waals surface area contributed by atoms with Gasteiger partial charge in [-0.25, -0.2) is 0 Å². The predicted molar refractivity (Wildman–Crippen MR) is 77.7 cm³/mol. The molecule has 0 atom stereocenters. The van der Waals surface area contributed by atoms with E-state index in [1.807, 2.05) is 6.07 Å². The third kappa shape index (κ3) is 2.27. The Morgan fingerprint density at radius 3 is 2.57 bits per heavy atom. The van der Waals surface area contributed by atoms with Gasteiger partial charge in [0.2, 0.25) is 0 Å². The zero-order valence-electron chi connectivity index (χ0n) is 11.5. The minimum atomic E-state index is -0.420. The number of carbonyl (C=O) groups excluding carboxylic acids is 1. The Kier molecular flexibility index (Phi) is 3.17. The average molecular weight is 283 g/mol. The lowest BCUT2D eigenvalue weighted by Gasteiger charge is -2.07. The molecule has 2 aromatic carbocycles. The molecule has 0 spiro atoms. The number of ketones is 1. The first kappa shape index (κ1) is 13.3. The monoisotopic (exact) mass is 283 g/mol. The van der Waals surface area contributed by atoms with Crippen molar-refractivity contribution in [1.82, 2.24) is 0 Å². The highest BCUT2D eigenvalue weighted by molar-refractivity contribution is 6.01. The molecule has 1 aliphatic rings. The van der Waals surface area contributed by atoms with Crippen LogP contribution < -0.4 is 4.74 Å². The van der Waals surface area contributed by atoms with Gasteiger partial charge in [0.05, 0.1) is 23.7 Å². The van der Waals surface area contributed by atoms with E-state index in [4.69, 9.17) is 4.74 Å². The van der Waals surface area contributed by atoms with E-state index in [1.54, 1.807) is 24.3 Å². The molecule has 0 saturated carbocycles. The van der Waals surface area contributed by atoms with Crippen LogP contribution in [0.1, 0.15) is 22.3 Å². The largest absolute Gasteiger partial charge is 0.497 e. The fourth-order valence-corrected chi connectivity index (χ4v) is 2.66. The molecule has 0 fully saturated rings. The van der Waals surface area contributed by atoms with Gasteiger partial charge < -0.3 is 4.74 Å². The predicted octanol–water partition coefficient (Wildman–Crippen LogP) is 3.40. The zero-order valence-corrected chi connectivity index (χ0v) is 11.5. The molecule has 0 aliphatic heterocycles. The van der Waals surface area contributed by atoms with Gasteiger partial charge in [-0.2, -0.15) is 0 Å². The Labute approximate surface area is 121 Å². The normalized spacial score (nSPS) is 13.1. The van der Waals surface area contributed by atoms with E-state index in [0.717, 1.165) is 16.7 Å². The number of nitro groups is 1. The van der Waals surface area contributed by atoms with Crippen LogP contribution >= 0.6 is 0 Å². The molecular weight excluding hydrogens is 270 g/mol. The summed E-state index contributed by atoms with van der Waals surface area (Å²) in [5.41, 5.74) is 2.97. The zero-order chi connectivity index (χ0) is 15.0. The van der Waals surface area contributed by atoms with Gasteiger partial charge in [-0.05, 0) is 29.7 Å². The highest BCUT2D eigenvalue weighted by Crippen LogP contribution is 2.35. The Morgan fingerprint density at radius 1 is 1.10 bits per heavy atom. The van der Waals surface area contributed by atoms with Crippen molar-refractivity contribution in [2.24, 2.45) is 0 Å². The van der Waals surface area contributed by atoms with Crippen molar-refractivity contribution in [3.8, 4) is 16.9 Å². The molecule has 106 valence electrons. The van der Waals surface area contributed by atoms with E-state index in [2.05, 4.69) is 0 Å². The highest BCUT2D eigenvalue weighted by Gasteiger charge is 2.22. The van der Waals surface area contributed by atoms with Crippen molar-refractivity contribution < 1.29 is 14.5 Å². The Balaban J connectivity index is 2.12. The second kappa shape index (κ2) is 5.01. The van der Waals surface area contributed by atoms with E-state index >= 15 is 0 Å². The Morgan fingerprint density at radius 2 is 1.86 bits per heavy atom. The van der Waals surface area contributed by atoms with Crippen LogP contribution in [-0.4, -0.2) is 17.8 Å². The van der Waals surface area contributed by atoms with Crippen LogP contribution in [0.4, 0.5) is 5.69 Å². The molecule has 0 unspecified atom stereocenters. The highest BCUT2D eigenvalue weighted by atomic mass is 16.6. The molecule has 1 aliphatic carbocycles. The van der Waals surface area contributed by atoms with Crippen molar-refractivity contribution in [3.05, 3.63) is 57.6 Å². The van der Waals surface area contributed by atoms with Gasteiger partial charge in [0.15, 0.2) is 5.78 Å². The molecule has 0 bridgehead atoms. The third-order valence-corrected chi connectivity index (χ3v) is 3.74. The van der Waals surface area contributed by atoms with Crippen LogP contribution in [0, 0.1) is 10.1 Å². The summed E-state index contributed by atoms with van der Waals surface area (Å²) >= 11 is 0. The first-order valence-corrected chi connectivity index (χ1v) is 6.59. The van der Waals surface area contributed by atoms with Crippen LogP contribution in [0.3, 0.4) is 0 Å². The van der Waals surface area contributed by atoms with Crippen molar-refractivity contribution >= 4 is 11.5 Å². The summed E-state index contributed by atoms with van der Waals surface area (Å²) in [7, 11) is 1.47. The van der Waals surface area contributed by atoms with E-state index in [0.29, 0.717) is 24.2 Å². The van der Waals surface area contributed by atoms with Crippen molar-refractivity contribution in [2.45, 2.75) is 12.8 Å². The molecular formula is C16H13NO4. The molecule has 3 rings (SSSR count). The number of methoxy groups -OCH3 is 1. The first-order chi connectivity index (χ1) is 10.1. The van der Waals surface area contributed by atoms with Crippen LogP contribution in [0.15, 0.2) is 36.4 Å². The number of hydrogen-bond acceptors (Lipinski definition) is 4. The van der Waals surface area contributed by atoms with Gasteiger partial charge in [0.1, 0.15) is 5.75 Å². The summed E-state index contributed by atoms with van der Waals surface area (Å²) in [6, 6.07) is 10.2.